The molecule has 0 aliphatic carbocycles. The average molecular weight is 185 g/mol. The molecule has 5 nitrogen and oxygen atoms in total. The Bertz CT molecular complexity index is 518. The van der Waals surface area contributed by atoms with Crippen LogP contribution in [-0.2, 0) is 0 Å². The van der Waals surface area contributed by atoms with Gasteiger partial charge in [0.25, 0.3) is 0 Å². The number of nitrogens with zero attached hydrogens (tertiary/aromatic N) is 3. The van der Waals surface area contributed by atoms with Crippen LogP contribution in [0.15, 0.2) is 30.6 Å². The molecule has 0 unspecified atom stereocenters. The van der Waals surface area contributed by atoms with Gasteiger partial charge in [-0.05, 0) is 18.2 Å². The van der Waals surface area contributed by atoms with E-state index in [0.717, 1.165) is 22.4 Å². The third-order valence-electron chi connectivity index (χ3n) is 2.08. The molecular weight excluding hydrogens is 178 g/mol. The van der Waals surface area contributed by atoms with Crippen molar-refractivity contribution in [1.29, 1.82) is 0 Å². The van der Waals surface area contributed by atoms with Gasteiger partial charge < -0.3 is 4.98 Å². The fourth-order valence-electron chi connectivity index (χ4n) is 1.43. The molecule has 0 amide bonds. The third kappa shape index (κ3) is 0.990. The summed E-state index contributed by atoms with van der Waals surface area (Å²) in [4.78, 5) is 7.36. The summed E-state index contributed by atoms with van der Waals surface area (Å²) in [5, 5.41) is 11.4. The summed E-state index contributed by atoms with van der Waals surface area (Å²) in [7, 11) is 0. The van der Waals surface area contributed by atoms with Crippen LogP contribution in [0.1, 0.15) is 0 Å². The number of hydrogen-bond acceptors (Lipinski definition) is 3. The molecule has 3 heterocycles. The van der Waals surface area contributed by atoms with Crippen LogP contribution in [0.5, 0.6) is 0 Å². The van der Waals surface area contributed by atoms with Crippen LogP contribution in [0.25, 0.3) is 22.4 Å². The number of rotatable bonds is 1. The Hall–Kier alpha value is -2.17. The lowest BCUT2D eigenvalue weighted by Gasteiger charge is -1.85. The monoisotopic (exact) mass is 185 g/mol. The zero-order valence-corrected chi connectivity index (χ0v) is 7.23. The number of pyridine rings is 1. The maximum absolute atomic E-state index is 4.20. The molecule has 68 valence electrons. The van der Waals surface area contributed by atoms with Gasteiger partial charge in [-0.15, -0.1) is 0 Å². The van der Waals surface area contributed by atoms with Crippen molar-refractivity contribution in [3.05, 3.63) is 30.6 Å². The van der Waals surface area contributed by atoms with E-state index in [4.69, 9.17) is 0 Å². The van der Waals surface area contributed by atoms with Gasteiger partial charge in [0.2, 0.25) is 0 Å². The second-order valence-electron chi connectivity index (χ2n) is 2.98. The quantitative estimate of drug-likeness (QED) is 0.601. The fourth-order valence-corrected chi connectivity index (χ4v) is 1.43. The summed E-state index contributed by atoms with van der Waals surface area (Å²) < 4.78 is 0. The lowest BCUT2D eigenvalue weighted by molar-refractivity contribution is 0.941. The fraction of sp³-hybridized carbons (Fsp3) is 0. The number of H-pyrrole nitrogens is 2. The van der Waals surface area contributed by atoms with Crippen LogP contribution >= 0.6 is 0 Å². The average Bonchev–Trinajstić information content (AvgIpc) is 2.86. The molecule has 3 aromatic heterocycles. The zero-order chi connectivity index (χ0) is 9.38. The molecule has 0 radical (unpaired) electrons. The first-order chi connectivity index (χ1) is 6.93. The van der Waals surface area contributed by atoms with E-state index in [1.165, 1.54) is 0 Å². The predicted molar refractivity (Wildman–Crippen MR) is 51.5 cm³/mol. The highest BCUT2D eigenvalue weighted by atomic mass is 15.3. The van der Waals surface area contributed by atoms with Gasteiger partial charge in [-0.2, -0.15) is 15.4 Å². The normalized spacial score (nSPS) is 10.9. The number of aromatic amines is 2. The molecular formula is C9H7N5. The minimum absolute atomic E-state index is 0.794. The van der Waals surface area contributed by atoms with E-state index < -0.39 is 0 Å². The second kappa shape index (κ2) is 2.66. The van der Waals surface area contributed by atoms with Gasteiger partial charge in [-0.25, -0.2) is 4.98 Å². The maximum Gasteiger partial charge on any atom is 0.137 e. The van der Waals surface area contributed by atoms with Crippen molar-refractivity contribution in [3.8, 4) is 11.4 Å². The highest BCUT2D eigenvalue weighted by Gasteiger charge is 2.04. The second-order valence-corrected chi connectivity index (χ2v) is 2.98. The van der Waals surface area contributed by atoms with Gasteiger partial charge >= 0.3 is 0 Å². The Balaban J connectivity index is 2.24. The van der Waals surface area contributed by atoms with E-state index in [9.17, 15) is 0 Å². The van der Waals surface area contributed by atoms with E-state index in [0.29, 0.717) is 0 Å². The Morgan fingerprint density at radius 1 is 1.29 bits per heavy atom. The van der Waals surface area contributed by atoms with Gasteiger partial charge in [0.05, 0.1) is 11.9 Å². The van der Waals surface area contributed by atoms with Crippen LogP contribution in [-0.4, -0.2) is 25.4 Å². The van der Waals surface area contributed by atoms with Gasteiger partial charge in [0.15, 0.2) is 0 Å². The van der Waals surface area contributed by atoms with Crippen molar-refractivity contribution in [2.24, 2.45) is 0 Å². The molecule has 0 saturated heterocycles. The first kappa shape index (κ1) is 7.25. The van der Waals surface area contributed by atoms with Crippen molar-refractivity contribution in [2.45, 2.75) is 0 Å². The topological polar surface area (TPSA) is 70.2 Å². The molecule has 2 N–H and O–H groups in total. The van der Waals surface area contributed by atoms with E-state index in [1.54, 1.807) is 12.4 Å². The molecule has 3 aromatic rings. The molecule has 0 atom stereocenters. The molecule has 0 aliphatic heterocycles. The summed E-state index contributed by atoms with van der Waals surface area (Å²) in [6, 6.07) is 5.91. The van der Waals surface area contributed by atoms with Gasteiger partial charge in [0.1, 0.15) is 11.3 Å². The zero-order valence-electron chi connectivity index (χ0n) is 7.23. The summed E-state index contributed by atoms with van der Waals surface area (Å²) in [6.45, 7) is 0. The SMILES string of the molecule is c1cnc2[nH]c(-c3cn[nH]n3)cc2c1. The molecule has 5 heteroatoms. The molecule has 0 bridgehead atoms. The van der Waals surface area contributed by atoms with Gasteiger partial charge in [-0.1, -0.05) is 0 Å². The lowest BCUT2D eigenvalue weighted by Crippen LogP contribution is -1.77. The van der Waals surface area contributed by atoms with E-state index >= 15 is 0 Å². The summed E-state index contributed by atoms with van der Waals surface area (Å²) >= 11 is 0. The van der Waals surface area contributed by atoms with Crippen LogP contribution < -0.4 is 0 Å². The molecule has 0 aromatic carbocycles. The molecule has 14 heavy (non-hydrogen) atoms. The van der Waals surface area contributed by atoms with Crippen LogP contribution in [0, 0.1) is 0 Å². The van der Waals surface area contributed by atoms with Crippen LogP contribution in [0.2, 0.25) is 0 Å². The number of aromatic nitrogens is 5. The highest BCUT2D eigenvalue weighted by molar-refractivity contribution is 5.81. The number of fused-ring (bicyclic) bond motifs is 1. The Labute approximate surface area is 79.2 Å². The summed E-state index contributed by atoms with van der Waals surface area (Å²) in [5.41, 5.74) is 2.58. The number of nitrogens with one attached hydrogen (secondary N) is 2. The van der Waals surface area contributed by atoms with Crippen molar-refractivity contribution < 1.29 is 0 Å². The van der Waals surface area contributed by atoms with Crippen LogP contribution in [0.3, 0.4) is 0 Å². The Morgan fingerprint density at radius 3 is 3.07 bits per heavy atom. The molecule has 0 fully saturated rings. The van der Waals surface area contributed by atoms with Crippen LogP contribution in [0.4, 0.5) is 0 Å². The highest BCUT2D eigenvalue weighted by Crippen LogP contribution is 2.19. The molecule has 3 rings (SSSR count). The van der Waals surface area contributed by atoms with Gasteiger partial charge in [-0.3, -0.25) is 0 Å². The van der Waals surface area contributed by atoms with E-state index in [1.807, 2.05) is 18.2 Å². The van der Waals surface area contributed by atoms with Crippen molar-refractivity contribution >= 4 is 11.0 Å². The van der Waals surface area contributed by atoms with E-state index in [-0.39, 0.29) is 0 Å². The van der Waals surface area contributed by atoms with E-state index in [2.05, 4.69) is 25.4 Å². The van der Waals surface area contributed by atoms with Crippen molar-refractivity contribution in [1.82, 2.24) is 25.4 Å². The largest absolute Gasteiger partial charge is 0.338 e. The molecule has 0 saturated carbocycles. The number of hydrogen-bond donors (Lipinski definition) is 2. The van der Waals surface area contributed by atoms with Gasteiger partial charge in [0, 0.05) is 11.6 Å². The van der Waals surface area contributed by atoms with Crippen molar-refractivity contribution in [3.63, 3.8) is 0 Å². The minimum Gasteiger partial charge on any atom is -0.338 e. The maximum atomic E-state index is 4.20. The first-order valence-electron chi connectivity index (χ1n) is 4.23. The summed E-state index contributed by atoms with van der Waals surface area (Å²) in [6.07, 6.45) is 3.43. The lowest BCUT2D eigenvalue weighted by atomic mass is 10.3. The smallest absolute Gasteiger partial charge is 0.137 e. The third-order valence-corrected chi connectivity index (χ3v) is 2.08. The Kier molecular flexibility index (Phi) is 1.38. The Morgan fingerprint density at radius 2 is 2.29 bits per heavy atom. The first-order valence-corrected chi connectivity index (χ1v) is 4.23. The summed E-state index contributed by atoms with van der Waals surface area (Å²) in [5.74, 6) is 0. The standard InChI is InChI=1S/C9H7N5/c1-2-6-4-7(8-5-11-14-13-8)12-9(6)10-3-1/h1-5H,(H,10,12)(H,11,13,14). The molecule has 0 aliphatic rings. The molecule has 0 spiro atoms. The predicted octanol–water partition coefficient (Wildman–Crippen LogP) is 1.35. The minimum atomic E-state index is 0.794. The van der Waals surface area contributed by atoms with Crippen molar-refractivity contribution in [2.75, 3.05) is 0 Å².